The molecule has 19 heavy (non-hydrogen) atoms. The molecule has 0 aliphatic rings. The van der Waals surface area contributed by atoms with Gasteiger partial charge in [0.2, 0.25) is 0 Å². The largest absolute Gasteiger partial charge is 0.457 e. The molecule has 2 N–H and O–H groups in total. The number of hydrogen-bond donors (Lipinski definition) is 1. The average molecular weight is 320 g/mol. The molecule has 0 unspecified atom stereocenters. The molecule has 2 aromatic carbocycles. The van der Waals surface area contributed by atoms with Crippen molar-refractivity contribution < 1.29 is 4.74 Å². The Balaban J connectivity index is 2.41. The molecular formula is C16H18BrNO. The van der Waals surface area contributed by atoms with Crippen LogP contribution in [0.1, 0.15) is 22.3 Å². The van der Waals surface area contributed by atoms with Gasteiger partial charge in [0.25, 0.3) is 0 Å². The van der Waals surface area contributed by atoms with Crippen molar-refractivity contribution in [2.24, 2.45) is 5.73 Å². The van der Waals surface area contributed by atoms with E-state index in [-0.39, 0.29) is 0 Å². The zero-order valence-corrected chi connectivity index (χ0v) is 13.0. The molecule has 0 saturated carbocycles. The smallest absolute Gasteiger partial charge is 0.132 e. The van der Waals surface area contributed by atoms with Gasteiger partial charge < -0.3 is 10.5 Å². The van der Waals surface area contributed by atoms with Crippen molar-refractivity contribution in [2.75, 3.05) is 0 Å². The molecule has 100 valence electrons. The Labute approximate surface area is 122 Å². The van der Waals surface area contributed by atoms with E-state index in [1.807, 2.05) is 18.2 Å². The lowest BCUT2D eigenvalue weighted by Crippen LogP contribution is -2.00. The number of hydrogen-bond acceptors (Lipinski definition) is 2. The molecule has 0 aromatic heterocycles. The minimum absolute atomic E-state index is 0.457. The first-order valence-corrected chi connectivity index (χ1v) is 7.04. The Morgan fingerprint density at radius 3 is 2.47 bits per heavy atom. The minimum Gasteiger partial charge on any atom is -0.457 e. The lowest BCUT2D eigenvalue weighted by molar-refractivity contribution is 0.471. The maximum Gasteiger partial charge on any atom is 0.132 e. The molecule has 0 aliphatic heterocycles. The Hall–Kier alpha value is -1.32. The number of nitrogens with two attached hydrogens (primary N) is 1. The van der Waals surface area contributed by atoms with Gasteiger partial charge in [0.15, 0.2) is 0 Å². The molecule has 0 heterocycles. The van der Waals surface area contributed by atoms with Gasteiger partial charge in [-0.3, -0.25) is 0 Å². The number of halogens is 1. The second-order valence-corrected chi connectivity index (χ2v) is 5.68. The van der Waals surface area contributed by atoms with Crippen LogP contribution in [0.25, 0.3) is 0 Å². The fourth-order valence-corrected chi connectivity index (χ4v) is 2.44. The summed E-state index contributed by atoms with van der Waals surface area (Å²) in [4.78, 5) is 0. The summed E-state index contributed by atoms with van der Waals surface area (Å²) in [6, 6.07) is 10.1. The van der Waals surface area contributed by atoms with Crippen LogP contribution in [0, 0.1) is 20.8 Å². The monoisotopic (exact) mass is 319 g/mol. The first-order chi connectivity index (χ1) is 9.01. The van der Waals surface area contributed by atoms with Crippen molar-refractivity contribution in [2.45, 2.75) is 27.3 Å². The molecule has 0 amide bonds. The molecule has 0 fully saturated rings. The number of benzene rings is 2. The van der Waals surface area contributed by atoms with Crippen molar-refractivity contribution in [3.63, 3.8) is 0 Å². The molecule has 2 nitrogen and oxygen atoms in total. The van der Waals surface area contributed by atoms with Crippen LogP contribution in [0.3, 0.4) is 0 Å². The van der Waals surface area contributed by atoms with Crippen LogP contribution in [-0.4, -0.2) is 0 Å². The van der Waals surface area contributed by atoms with E-state index < -0.39 is 0 Å². The number of rotatable bonds is 3. The van der Waals surface area contributed by atoms with Gasteiger partial charge in [-0.05, 0) is 61.7 Å². The second kappa shape index (κ2) is 5.76. The molecule has 0 spiro atoms. The Bertz CT molecular complexity index is 608. The fourth-order valence-electron chi connectivity index (χ4n) is 2.03. The third-order valence-corrected chi connectivity index (χ3v) is 3.72. The van der Waals surface area contributed by atoms with E-state index in [9.17, 15) is 0 Å². The highest BCUT2D eigenvalue weighted by Crippen LogP contribution is 2.31. The van der Waals surface area contributed by atoms with Crippen molar-refractivity contribution in [1.82, 2.24) is 0 Å². The Morgan fingerprint density at radius 1 is 1.05 bits per heavy atom. The van der Waals surface area contributed by atoms with E-state index >= 15 is 0 Å². The maximum absolute atomic E-state index is 6.05. The number of ether oxygens (including phenoxy) is 1. The van der Waals surface area contributed by atoms with Gasteiger partial charge in [-0.1, -0.05) is 22.0 Å². The molecule has 0 bridgehead atoms. The molecule has 2 aromatic rings. The SMILES string of the molecule is Cc1cc(C)c(C)c(Oc2ccc(Br)cc2CN)c1. The molecule has 0 radical (unpaired) electrons. The lowest BCUT2D eigenvalue weighted by Gasteiger charge is -2.14. The minimum atomic E-state index is 0.457. The van der Waals surface area contributed by atoms with Crippen molar-refractivity contribution in [3.05, 3.63) is 57.1 Å². The summed E-state index contributed by atoms with van der Waals surface area (Å²) in [5.74, 6) is 1.72. The summed E-state index contributed by atoms with van der Waals surface area (Å²) in [7, 11) is 0. The zero-order valence-electron chi connectivity index (χ0n) is 11.5. The summed E-state index contributed by atoms with van der Waals surface area (Å²) in [6.07, 6.45) is 0. The summed E-state index contributed by atoms with van der Waals surface area (Å²) in [5, 5.41) is 0. The third kappa shape index (κ3) is 3.17. The van der Waals surface area contributed by atoms with E-state index in [2.05, 4.69) is 48.8 Å². The van der Waals surface area contributed by atoms with E-state index in [1.54, 1.807) is 0 Å². The summed E-state index contributed by atoms with van der Waals surface area (Å²) in [6.45, 7) is 6.70. The highest BCUT2D eigenvalue weighted by atomic mass is 79.9. The first-order valence-electron chi connectivity index (χ1n) is 6.25. The predicted molar refractivity (Wildman–Crippen MR) is 82.8 cm³/mol. The predicted octanol–water partition coefficient (Wildman–Crippen LogP) is 4.63. The van der Waals surface area contributed by atoms with Crippen molar-refractivity contribution in [1.29, 1.82) is 0 Å². The van der Waals surface area contributed by atoms with E-state index in [1.165, 1.54) is 11.1 Å². The van der Waals surface area contributed by atoms with Crippen molar-refractivity contribution >= 4 is 15.9 Å². The molecule has 0 atom stereocenters. The van der Waals surface area contributed by atoms with E-state index in [4.69, 9.17) is 10.5 Å². The third-order valence-electron chi connectivity index (χ3n) is 3.23. The second-order valence-electron chi connectivity index (χ2n) is 4.76. The van der Waals surface area contributed by atoms with Crippen LogP contribution in [0.5, 0.6) is 11.5 Å². The highest BCUT2D eigenvalue weighted by molar-refractivity contribution is 9.10. The Kier molecular flexibility index (Phi) is 4.27. The fraction of sp³-hybridized carbons (Fsp3) is 0.250. The molecule has 3 heteroatoms. The number of aryl methyl sites for hydroxylation is 2. The zero-order chi connectivity index (χ0) is 14.0. The van der Waals surface area contributed by atoms with Crippen LogP contribution in [0.2, 0.25) is 0 Å². The molecular weight excluding hydrogens is 302 g/mol. The average Bonchev–Trinajstić information content (AvgIpc) is 2.37. The van der Waals surface area contributed by atoms with Crippen LogP contribution in [0.4, 0.5) is 0 Å². The van der Waals surface area contributed by atoms with Gasteiger partial charge in [0.05, 0.1) is 0 Å². The standard InChI is InChI=1S/C16H18BrNO/c1-10-6-11(2)12(3)16(7-10)19-15-5-4-14(17)8-13(15)9-18/h4-8H,9,18H2,1-3H3. The van der Waals surface area contributed by atoms with E-state index in [0.717, 1.165) is 27.1 Å². The highest BCUT2D eigenvalue weighted by Gasteiger charge is 2.08. The molecule has 2 rings (SSSR count). The topological polar surface area (TPSA) is 35.2 Å². The summed E-state index contributed by atoms with van der Waals surface area (Å²) >= 11 is 3.45. The first kappa shape index (κ1) is 14.1. The maximum atomic E-state index is 6.05. The van der Waals surface area contributed by atoms with Gasteiger partial charge in [-0.2, -0.15) is 0 Å². The van der Waals surface area contributed by atoms with Crippen molar-refractivity contribution in [3.8, 4) is 11.5 Å². The lowest BCUT2D eigenvalue weighted by atomic mass is 10.1. The summed E-state index contributed by atoms with van der Waals surface area (Å²) in [5.41, 5.74) is 10.4. The van der Waals surface area contributed by atoms with Gasteiger partial charge in [-0.25, -0.2) is 0 Å². The van der Waals surface area contributed by atoms with Gasteiger partial charge in [-0.15, -0.1) is 0 Å². The van der Waals surface area contributed by atoms with Gasteiger partial charge in [0.1, 0.15) is 11.5 Å². The molecule has 0 saturated heterocycles. The van der Waals surface area contributed by atoms with E-state index in [0.29, 0.717) is 6.54 Å². The van der Waals surface area contributed by atoms with Gasteiger partial charge >= 0.3 is 0 Å². The van der Waals surface area contributed by atoms with Crippen LogP contribution in [-0.2, 0) is 6.54 Å². The normalized spacial score (nSPS) is 10.6. The summed E-state index contributed by atoms with van der Waals surface area (Å²) < 4.78 is 7.06. The molecule has 0 aliphatic carbocycles. The Morgan fingerprint density at radius 2 is 1.79 bits per heavy atom. The quantitative estimate of drug-likeness (QED) is 0.895. The van der Waals surface area contributed by atoms with Crippen LogP contribution in [0.15, 0.2) is 34.8 Å². The van der Waals surface area contributed by atoms with Crippen LogP contribution >= 0.6 is 15.9 Å². The van der Waals surface area contributed by atoms with Crippen LogP contribution < -0.4 is 10.5 Å². The van der Waals surface area contributed by atoms with Gasteiger partial charge in [0, 0.05) is 16.6 Å².